The Balaban J connectivity index is 4.16. The minimum atomic E-state index is -3.92. The predicted molar refractivity (Wildman–Crippen MR) is 79.1 cm³/mol. The van der Waals surface area contributed by atoms with Gasteiger partial charge < -0.3 is 10.6 Å². The molecule has 0 heterocycles. The lowest BCUT2D eigenvalue weighted by Crippen LogP contribution is -2.47. The van der Waals surface area contributed by atoms with Crippen molar-refractivity contribution in [3.05, 3.63) is 0 Å². The fourth-order valence-electron chi connectivity index (χ4n) is 1.48. The van der Waals surface area contributed by atoms with E-state index in [1.54, 1.807) is 11.8 Å². The maximum atomic E-state index is 11.9. The van der Waals surface area contributed by atoms with Crippen LogP contribution in [0.15, 0.2) is 0 Å². The third-order valence-corrected chi connectivity index (χ3v) is 3.78. The van der Waals surface area contributed by atoms with E-state index in [4.69, 9.17) is 4.55 Å². The molecule has 19 heavy (non-hydrogen) atoms. The van der Waals surface area contributed by atoms with Crippen molar-refractivity contribution in [1.82, 2.24) is 10.6 Å². The summed E-state index contributed by atoms with van der Waals surface area (Å²) < 4.78 is 29.8. The van der Waals surface area contributed by atoms with Crippen LogP contribution in [0.5, 0.6) is 0 Å². The normalized spacial score (nSPS) is 13.5. The molecule has 0 saturated carbocycles. The highest BCUT2D eigenvalue weighted by Gasteiger charge is 2.18. The number of hydrogen-bond donors (Lipinski definition) is 3. The fourth-order valence-corrected chi connectivity index (χ4v) is 2.46. The molecule has 114 valence electrons. The first-order valence-electron chi connectivity index (χ1n) is 6.24. The Hall–Kier alpha value is -0.310. The smallest absolute Gasteiger partial charge is 0.264 e. The molecule has 0 fully saturated rings. The molecule has 3 N–H and O–H groups in total. The van der Waals surface area contributed by atoms with Crippen molar-refractivity contribution >= 4 is 27.8 Å². The summed E-state index contributed by atoms with van der Waals surface area (Å²) >= 11 is 1.65. The van der Waals surface area contributed by atoms with Crippen molar-refractivity contribution in [3.63, 3.8) is 0 Å². The van der Waals surface area contributed by atoms with E-state index in [1.807, 2.05) is 20.1 Å². The van der Waals surface area contributed by atoms with Gasteiger partial charge in [-0.15, -0.1) is 0 Å². The number of carbonyl (C=O) groups is 1. The van der Waals surface area contributed by atoms with Crippen molar-refractivity contribution in [1.29, 1.82) is 0 Å². The van der Waals surface area contributed by atoms with Crippen LogP contribution in [0.3, 0.4) is 0 Å². The standard InChI is InChI=1S/C11H24N2O4S2/c1-9(2)13-11(14)10(5-7-18-3)12-6-4-8-19(15,16)17/h9-10,12H,4-8H2,1-3H3,(H,13,14)(H,15,16,17)/t10-/m0/s1. The molecule has 0 aliphatic rings. The van der Waals surface area contributed by atoms with Crippen LogP contribution in [-0.4, -0.2) is 55.3 Å². The Morgan fingerprint density at radius 2 is 2.00 bits per heavy atom. The van der Waals surface area contributed by atoms with Gasteiger partial charge >= 0.3 is 0 Å². The molecule has 0 spiro atoms. The number of hydrogen-bond acceptors (Lipinski definition) is 5. The van der Waals surface area contributed by atoms with E-state index in [1.165, 1.54) is 0 Å². The molecule has 0 aromatic rings. The van der Waals surface area contributed by atoms with E-state index in [-0.39, 0.29) is 30.2 Å². The van der Waals surface area contributed by atoms with Crippen LogP contribution >= 0.6 is 11.8 Å². The zero-order valence-electron chi connectivity index (χ0n) is 11.7. The van der Waals surface area contributed by atoms with E-state index < -0.39 is 10.1 Å². The summed E-state index contributed by atoms with van der Waals surface area (Å²) in [5, 5.41) is 5.86. The van der Waals surface area contributed by atoms with Crippen molar-refractivity contribution in [2.45, 2.75) is 38.8 Å². The quantitative estimate of drug-likeness (QED) is 0.402. The second-order valence-electron chi connectivity index (χ2n) is 4.59. The maximum Gasteiger partial charge on any atom is 0.264 e. The molecule has 1 atom stereocenters. The molecule has 0 unspecified atom stereocenters. The molecule has 8 heteroatoms. The lowest BCUT2D eigenvalue weighted by Gasteiger charge is -2.19. The fraction of sp³-hybridized carbons (Fsp3) is 0.909. The third kappa shape index (κ3) is 11.2. The van der Waals surface area contributed by atoms with Crippen molar-refractivity contribution in [3.8, 4) is 0 Å². The Morgan fingerprint density at radius 3 is 2.47 bits per heavy atom. The summed E-state index contributed by atoms with van der Waals surface area (Å²) in [5.41, 5.74) is 0. The first-order chi connectivity index (χ1) is 8.76. The van der Waals surface area contributed by atoms with Crippen LogP contribution in [-0.2, 0) is 14.9 Å². The van der Waals surface area contributed by atoms with E-state index >= 15 is 0 Å². The van der Waals surface area contributed by atoms with Crippen LogP contribution in [0.4, 0.5) is 0 Å². The average Bonchev–Trinajstić information content (AvgIpc) is 2.25. The lowest BCUT2D eigenvalue weighted by molar-refractivity contribution is -0.123. The molecule has 0 rings (SSSR count). The SMILES string of the molecule is CSCC[C@H](NCCCS(=O)(=O)O)C(=O)NC(C)C. The number of carbonyl (C=O) groups excluding carboxylic acids is 1. The summed E-state index contributed by atoms with van der Waals surface area (Å²) in [5.74, 6) is 0.485. The van der Waals surface area contributed by atoms with Crippen molar-refractivity contribution in [2.24, 2.45) is 0 Å². The first kappa shape index (κ1) is 18.7. The highest BCUT2D eigenvalue weighted by Crippen LogP contribution is 2.02. The van der Waals surface area contributed by atoms with Gasteiger partial charge in [0.2, 0.25) is 5.91 Å². The van der Waals surface area contributed by atoms with Gasteiger partial charge in [0.05, 0.1) is 11.8 Å². The van der Waals surface area contributed by atoms with Crippen LogP contribution in [0.2, 0.25) is 0 Å². The van der Waals surface area contributed by atoms with Crippen molar-refractivity contribution in [2.75, 3.05) is 24.3 Å². The molecule has 0 radical (unpaired) electrons. The monoisotopic (exact) mass is 312 g/mol. The number of rotatable bonds is 10. The Bertz CT molecular complexity index is 358. The summed E-state index contributed by atoms with van der Waals surface area (Å²) in [6.45, 7) is 4.16. The lowest BCUT2D eigenvalue weighted by atomic mass is 10.2. The second-order valence-corrected chi connectivity index (χ2v) is 7.15. The van der Waals surface area contributed by atoms with E-state index in [9.17, 15) is 13.2 Å². The Labute approximate surface area is 119 Å². The molecule has 0 aromatic carbocycles. The molecule has 0 aliphatic carbocycles. The zero-order valence-corrected chi connectivity index (χ0v) is 13.3. The second kappa shape index (κ2) is 9.57. The number of thioether (sulfide) groups is 1. The minimum Gasteiger partial charge on any atom is -0.353 e. The van der Waals surface area contributed by atoms with Gasteiger partial charge in [0.1, 0.15) is 0 Å². The molecule has 0 aliphatic heterocycles. The zero-order chi connectivity index (χ0) is 14.9. The van der Waals surface area contributed by atoms with Gasteiger partial charge in [0, 0.05) is 6.04 Å². The highest BCUT2D eigenvalue weighted by molar-refractivity contribution is 7.98. The summed E-state index contributed by atoms with van der Waals surface area (Å²) in [6, 6.07) is -0.250. The van der Waals surface area contributed by atoms with Gasteiger partial charge in [-0.05, 0) is 45.2 Å². The summed E-state index contributed by atoms with van der Waals surface area (Å²) in [6.07, 6.45) is 2.94. The molecule has 0 saturated heterocycles. The summed E-state index contributed by atoms with van der Waals surface area (Å²) in [4.78, 5) is 11.9. The highest BCUT2D eigenvalue weighted by atomic mass is 32.2. The van der Waals surface area contributed by atoms with Crippen LogP contribution in [0, 0.1) is 0 Å². The molecule has 0 bridgehead atoms. The molecule has 0 aromatic heterocycles. The van der Waals surface area contributed by atoms with E-state index in [0.717, 1.165) is 5.75 Å². The van der Waals surface area contributed by atoms with Gasteiger partial charge in [0.25, 0.3) is 10.1 Å². The van der Waals surface area contributed by atoms with Gasteiger partial charge in [-0.2, -0.15) is 20.2 Å². The summed E-state index contributed by atoms with van der Waals surface area (Å²) in [7, 11) is -3.92. The van der Waals surface area contributed by atoms with Gasteiger partial charge in [0.15, 0.2) is 0 Å². The largest absolute Gasteiger partial charge is 0.353 e. The third-order valence-electron chi connectivity index (χ3n) is 2.33. The Kier molecular flexibility index (Phi) is 9.42. The maximum absolute atomic E-state index is 11.9. The van der Waals surface area contributed by atoms with Gasteiger partial charge in [-0.3, -0.25) is 9.35 Å². The molecular formula is C11H24N2O4S2. The van der Waals surface area contributed by atoms with Gasteiger partial charge in [-0.1, -0.05) is 0 Å². The molecular weight excluding hydrogens is 288 g/mol. The van der Waals surface area contributed by atoms with Gasteiger partial charge in [-0.25, -0.2) is 0 Å². The Morgan fingerprint density at radius 1 is 1.37 bits per heavy atom. The van der Waals surface area contributed by atoms with E-state index in [2.05, 4.69) is 10.6 Å². The first-order valence-corrected chi connectivity index (χ1v) is 9.24. The number of nitrogens with one attached hydrogen (secondary N) is 2. The predicted octanol–water partition coefficient (Wildman–Crippen LogP) is 0.500. The topological polar surface area (TPSA) is 95.5 Å². The minimum absolute atomic E-state index is 0.0731. The molecule has 6 nitrogen and oxygen atoms in total. The number of amides is 1. The average molecular weight is 312 g/mol. The van der Waals surface area contributed by atoms with Crippen molar-refractivity contribution < 1.29 is 17.8 Å². The molecule has 1 amide bonds. The van der Waals surface area contributed by atoms with Crippen LogP contribution in [0.25, 0.3) is 0 Å². The van der Waals surface area contributed by atoms with E-state index in [0.29, 0.717) is 13.0 Å². The van der Waals surface area contributed by atoms with Crippen LogP contribution in [0.1, 0.15) is 26.7 Å². The van der Waals surface area contributed by atoms with Crippen LogP contribution < -0.4 is 10.6 Å².